The van der Waals surface area contributed by atoms with Crippen LogP contribution in [0, 0.1) is 0 Å². The number of ether oxygens (including phenoxy) is 1. The lowest BCUT2D eigenvalue weighted by atomic mass is 10.1. The largest absolute Gasteiger partial charge is 0.492 e. The molecule has 0 spiro atoms. The summed E-state index contributed by atoms with van der Waals surface area (Å²) >= 11 is 0. The Morgan fingerprint density at radius 3 is 1.88 bits per heavy atom. The van der Waals surface area contributed by atoms with Gasteiger partial charge in [0.05, 0.1) is 0 Å². The van der Waals surface area contributed by atoms with E-state index in [0.29, 0.717) is 12.6 Å². The Morgan fingerprint density at radius 1 is 0.731 bits per heavy atom. The molecule has 0 radical (unpaired) electrons. The van der Waals surface area contributed by atoms with Gasteiger partial charge in [0.15, 0.2) is 0 Å². The molecule has 0 heterocycles. The van der Waals surface area contributed by atoms with Gasteiger partial charge in [-0.15, -0.1) is 0 Å². The number of para-hydroxylation sites is 1. The maximum atomic E-state index is 6.00. The SMILES string of the molecule is CC(COc1ccccc1)N(CCc1ccccc1)Cc1ccccc1. The molecule has 0 N–H and O–H groups in total. The van der Waals surface area contributed by atoms with Crippen molar-refractivity contribution >= 4 is 0 Å². The minimum absolute atomic E-state index is 0.333. The van der Waals surface area contributed by atoms with Crippen LogP contribution in [-0.4, -0.2) is 24.1 Å². The van der Waals surface area contributed by atoms with Gasteiger partial charge in [0.2, 0.25) is 0 Å². The van der Waals surface area contributed by atoms with Crippen molar-refractivity contribution in [2.75, 3.05) is 13.2 Å². The molecule has 1 atom stereocenters. The first-order valence-corrected chi connectivity index (χ1v) is 9.31. The quantitative estimate of drug-likeness (QED) is 0.528. The predicted octanol–water partition coefficient (Wildman–Crippen LogP) is 5.20. The molecule has 2 nitrogen and oxygen atoms in total. The van der Waals surface area contributed by atoms with Gasteiger partial charge in [0.1, 0.15) is 12.4 Å². The lowest BCUT2D eigenvalue weighted by Gasteiger charge is -2.29. The van der Waals surface area contributed by atoms with Gasteiger partial charge in [-0.05, 0) is 36.6 Å². The van der Waals surface area contributed by atoms with E-state index in [1.54, 1.807) is 0 Å². The van der Waals surface area contributed by atoms with Crippen LogP contribution in [0.4, 0.5) is 0 Å². The van der Waals surface area contributed by atoms with E-state index in [1.165, 1.54) is 11.1 Å². The first-order valence-electron chi connectivity index (χ1n) is 9.31. The first kappa shape index (κ1) is 18.2. The van der Waals surface area contributed by atoms with E-state index in [-0.39, 0.29) is 0 Å². The number of nitrogens with zero attached hydrogens (tertiary/aromatic N) is 1. The van der Waals surface area contributed by atoms with E-state index in [0.717, 1.165) is 25.3 Å². The van der Waals surface area contributed by atoms with Gasteiger partial charge < -0.3 is 4.74 Å². The van der Waals surface area contributed by atoms with Gasteiger partial charge in [-0.25, -0.2) is 0 Å². The Bertz CT molecular complexity index is 743. The minimum Gasteiger partial charge on any atom is -0.492 e. The fourth-order valence-corrected chi connectivity index (χ4v) is 3.03. The van der Waals surface area contributed by atoms with Gasteiger partial charge >= 0.3 is 0 Å². The third-order valence-electron chi connectivity index (χ3n) is 4.62. The van der Waals surface area contributed by atoms with Crippen LogP contribution in [0.5, 0.6) is 5.75 Å². The molecule has 0 amide bonds. The summed E-state index contributed by atoms with van der Waals surface area (Å²) in [6.07, 6.45) is 1.04. The van der Waals surface area contributed by atoms with Crippen LogP contribution in [0.3, 0.4) is 0 Å². The van der Waals surface area contributed by atoms with Gasteiger partial charge in [0.25, 0.3) is 0 Å². The Balaban J connectivity index is 1.62. The highest BCUT2D eigenvalue weighted by atomic mass is 16.5. The summed E-state index contributed by atoms with van der Waals surface area (Å²) in [5.41, 5.74) is 2.72. The second-order valence-electron chi connectivity index (χ2n) is 6.66. The van der Waals surface area contributed by atoms with E-state index in [4.69, 9.17) is 4.74 Å². The molecule has 0 fully saturated rings. The van der Waals surface area contributed by atoms with Crippen molar-refractivity contribution in [3.8, 4) is 5.75 Å². The number of hydrogen-bond donors (Lipinski definition) is 0. The molecule has 0 aliphatic heterocycles. The van der Waals surface area contributed by atoms with Gasteiger partial charge in [-0.3, -0.25) is 4.90 Å². The maximum Gasteiger partial charge on any atom is 0.119 e. The fraction of sp³-hybridized carbons (Fsp3) is 0.250. The molecule has 3 aromatic rings. The third-order valence-corrected chi connectivity index (χ3v) is 4.62. The van der Waals surface area contributed by atoms with Crippen molar-refractivity contribution in [3.63, 3.8) is 0 Å². The summed E-state index contributed by atoms with van der Waals surface area (Å²) < 4.78 is 6.00. The van der Waals surface area contributed by atoms with E-state index >= 15 is 0 Å². The molecule has 0 aromatic heterocycles. The summed E-state index contributed by atoms with van der Waals surface area (Å²) in [6, 6.07) is 31.8. The molecule has 26 heavy (non-hydrogen) atoms. The third kappa shape index (κ3) is 5.75. The Labute approximate surface area is 157 Å². The van der Waals surface area contributed by atoms with Crippen molar-refractivity contribution in [2.24, 2.45) is 0 Å². The molecule has 3 rings (SSSR count). The molecule has 0 saturated heterocycles. The Kier molecular flexibility index (Phi) is 6.86. The van der Waals surface area contributed by atoms with Gasteiger partial charge in [0, 0.05) is 19.1 Å². The average Bonchev–Trinajstić information content (AvgIpc) is 2.71. The molecule has 2 heteroatoms. The topological polar surface area (TPSA) is 12.5 Å². The van der Waals surface area contributed by atoms with Crippen molar-refractivity contribution in [1.29, 1.82) is 0 Å². The van der Waals surface area contributed by atoms with Crippen molar-refractivity contribution < 1.29 is 4.74 Å². The average molecular weight is 345 g/mol. The summed E-state index contributed by atoms with van der Waals surface area (Å²) in [6.45, 7) is 4.88. The highest BCUT2D eigenvalue weighted by molar-refractivity contribution is 5.21. The number of rotatable bonds is 9. The summed E-state index contributed by atoms with van der Waals surface area (Å²) in [4.78, 5) is 2.51. The van der Waals surface area contributed by atoms with Crippen molar-refractivity contribution in [3.05, 3.63) is 102 Å². The molecule has 0 saturated carbocycles. The number of benzene rings is 3. The maximum absolute atomic E-state index is 6.00. The second-order valence-corrected chi connectivity index (χ2v) is 6.66. The van der Waals surface area contributed by atoms with Crippen LogP contribution in [-0.2, 0) is 13.0 Å². The number of hydrogen-bond acceptors (Lipinski definition) is 2. The van der Waals surface area contributed by atoms with Gasteiger partial charge in [-0.2, -0.15) is 0 Å². The highest BCUT2D eigenvalue weighted by Gasteiger charge is 2.15. The summed E-state index contributed by atoms with van der Waals surface area (Å²) in [7, 11) is 0. The summed E-state index contributed by atoms with van der Waals surface area (Å²) in [5, 5.41) is 0. The van der Waals surface area contributed by atoms with Crippen molar-refractivity contribution in [1.82, 2.24) is 4.90 Å². The molecule has 1 unspecified atom stereocenters. The van der Waals surface area contributed by atoms with E-state index < -0.39 is 0 Å². The Hall–Kier alpha value is -2.58. The molecule has 0 bridgehead atoms. The molecular formula is C24H27NO. The lowest BCUT2D eigenvalue weighted by molar-refractivity contribution is 0.140. The molecular weight excluding hydrogens is 318 g/mol. The van der Waals surface area contributed by atoms with E-state index in [9.17, 15) is 0 Å². The molecule has 3 aromatic carbocycles. The Morgan fingerprint density at radius 2 is 1.27 bits per heavy atom. The standard InChI is InChI=1S/C24H27NO/c1-21(20-26-24-15-9-4-10-16-24)25(19-23-13-7-3-8-14-23)18-17-22-11-5-2-6-12-22/h2-16,21H,17-20H2,1H3. The van der Waals surface area contributed by atoms with Crippen LogP contribution in [0.2, 0.25) is 0 Å². The highest BCUT2D eigenvalue weighted by Crippen LogP contribution is 2.14. The van der Waals surface area contributed by atoms with Crippen LogP contribution < -0.4 is 4.74 Å². The zero-order valence-corrected chi connectivity index (χ0v) is 15.4. The zero-order valence-electron chi connectivity index (χ0n) is 15.4. The van der Waals surface area contributed by atoms with Crippen LogP contribution >= 0.6 is 0 Å². The van der Waals surface area contributed by atoms with Gasteiger partial charge in [-0.1, -0.05) is 78.9 Å². The van der Waals surface area contributed by atoms with Crippen molar-refractivity contribution in [2.45, 2.75) is 25.9 Å². The normalized spacial score (nSPS) is 12.1. The smallest absolute Gasteiger partial charge is 0.119 e. The molecule has 0 aliphatic rings. The van der Waals surface area contributed by atoms with E-state index in [1.807, 2.05) is 30.3 Å². The molecule has 134 valence electrons. The molecule has 0 aliphatic carbocycles. The minimum atomic E-state index is 0.333. The summed E-state index contributed by atoms with van der Waals surface area (Å²) in [5.74, 6) is 0.932. The zero-order chi connectivity index (χ0) is 18.0. The van der Waals surface area contributed by atoms with Crippen LogP contribution in [0.1, 0.15) is 18.1 Å². The van der Waals surface area contributed by atoms with E-state index in [2.05, 4.69) is 72.5 Å². The lowest BCUT2D eigenvalue weighted by Crippen LogP contribution is -2.38. The van der Waals surface area contributed by atoms with Crippen LogP contribution in [0.15, 0.2) is 91.0 Å². The van der Waals surface area contributed by atoms with Crippen LogP contribution in [0.25, 0.3) is 0 Å². The fourth-order valence-electron chi connectivity index (χ4n) is 3.03. The second kappa shape index (κ2) is 9.79. The predicted molar refractivity (Wildman–Crippen MR) is 108 cm³/mol. The monoisotopic (exact) mass is 345 g/mol. The first-order chi connectivity index (χ1) is 12.8.